The van der Waals surface area contributed by atoms with Gasteiger partial charge in [0.1, 0.15) is 34.7 Å². The third-order valence-electron chi connectivity index (χ3n) is 5.88. The summed E-state index contributed by atoms with van der Waals surface area (Å²) in [5, 5.41) is 52.6. The first-order chi connectivity index (χ1) is 14.0. The third-order valence-corrected chi connectivity index (χ3v) is 5.88. The summed E-state index contributed by atoms with van der Waals surface area (Å²) < 4.78 is 5.18. The predicted octanol–water partition coefficient (Wildman–Crippen LogP) is 1.04. The van der Waals surface area contributed by atoms with Crippen molar-refractivity contribution in [2.45, 2.75) is 25.0 Å². The quantitative estimate of drug-likeness (QED) is 0.452. The minimum atomic E-state index is -2.68. The van der Waals surface area contributed by atoms with Crippen molar-refractivity contribution >= 4 is 28.1 Å². The molecule has 0 spiro atoms. The van der Waals surface area contributed by atoms with Crippen LogP contribution in [-0.2, 0) is 20.7 Å². The largest absolute Gasteiger partial charge is 0.508 e. The Morgan fingerprint density at radius 1 is 1.13 bits per heavy atom. The lowest BCUT2D eigenvalue weighted by molar-refractivity contribution is -0.141. The van der Waals surface area contributed by atoms with Crippen LogP contribution in [0.5, 0.6) is 17.2 Å². The molecule has 3 unspecified atom stereocenters. The summed E-state index contributed by atoms with van der Waals surface area (Å²) >= 11 is 0. The van der Waals surface area contributed by atoms with E-state index in [1.54, 1.807) is 0 Å². The first-order valence-corrected chi connectivity index (χ1v) is 9.03. The van der Waals surface area contributed by atoms with E-state index in [0.29, 0.717) is 0 Å². The van der Waals surface area contributed by atoms with Crippen molar-refractivity contribution in [1.29, 1.82) is 0 Å². The highest BCUT2D eigenvalue weighted by Crippen LogP contribution is 2.49. The van der Waals surface area contributed by atoms with Crippen LogP contribution in [0.1, 0.15) is 22.8 Å². The van der Waals surface area contributed by atoms with Crippen molar-refractivity contribution < 1.29 is 44.7 Å². The van der Waals surface area contributed by atoms with E-state index in [2.05, 4.69) is 0 Å². The standard InChI is InChI=1S/C21H18O9/c1-7(22)13-17(26)18(30-2)11-5-9-3-8-4-10(23)6-12(24)14(8)16(25)15(9)20(28)21(11,29)19(13)27/h3-4,6,11,18,23-25,27,29H,5H2,1-2H3. The number of aliphatic hydroxyl groups excluding tert-OH is 1. The topological polar surface area (TPSA) is 162 Å². The monoisotopic (exact) mass is 414 g/mol. The zero-order valence-electron chi connectivity index (χ0n) is 16.0. The molecule has 2 aromatic carbocycles. The smallest absolute Gasteiger partial charge is 0.206 e. The van der Waals surface area contributed by atoms with Gasteiger partial charge in [0.05, 0.1) is 10.9 Å². The van der Waals surface area contributed by atoms with Crippen LogP contribution in [0.2, 0.25) is 0 Å². The van der Waals surface area contributed by atoms with Crippen molar-refractivity contribution in [3.05, 3.63) is 40.7 Å². The van der Waals surface area contributed by atoms with E-state index in [1.165, 1.54) is 19.2 Å². The Balaban J connectivity index is 2.06. The van der Waals surface area contributed by atoms with Gasteiger partial charge in [0.2, 0.25) is 5.78 Å². The van der Waals surface area contributed by atoms with Crippen LogP contribution in [0.15, 0.2) is 29.5 Å². The number of aliphatic hydroxyl groups is 2. The Morgan fingerprint density at radius 2 is 1.80 bits per heavy atom. The number of phenols is 3. The van der Waals surface area contributed by atoms with Gasteiger partial charge in [-0.25, -0.2) is 0 Å². The second-order valence-electron chi connectivity index (χ2n) is 7.53. The van der Waals surface area contributed by atoms with E-state index < -0.39 is 57.8 Å². The fraction of sp³-hybridized carbons (Fsp3) is 0.286. The number of rotatable bonds is 2. The zero-order valence-corrected chi connectivity index (χ0v) is 16.0. The summed E-state index contributed by atoms with van der Waals surface area (Å²) in [6, 6.07) is 3.68. The fourth-order valence-corrected chi connectivity index (χ4v) is 4.55. The molecule has 30 heavy (non-hydrogen) atoms. The summed E-state index contributed by atoms with van der Waals surface area (Å²) in [4.78, 5) is 38.0. The van der Waals surface area contributed by atoms with Gasteiger partial charge in [-0.15, -0.1) is 0 Å². The van der Waals surface area contributed by atoms with Crippen LogP contribution in [-0.4, -0.2) is 61.7 Å². The Bertz CT molecular complexity index is 1190. The van der Waals surface area contributed by atoms with Crippen molar-refractivity contribution in [2.24, 2.45) is 5.92 Å². The van der Waals surface area contributed by atoms with Crippen LogP contribution in [0.3, 0.4) is 0 Å². The number of fused-ring (bicyclic) bond motifs is 3. The second-order valence-corrected chi connectivity index (χ2v) is 7.53. The van der Waals surface area contributed by atoms with E-state index in [1.807, 2.05) is 0 Å². The highest BCUT2D eigenvalue weighted by Gasteiger charge is 2.61. The summed E-state index contributed by atoms with van der Waals surface area (Å²) in [6.07, 6.45) is -1.56. The van der Waals surface area contributed by atoms with E-state index in [4.69, 9.17) is 4.74 Å². The number of benzene rings is 2. The van der Waals surface area contributed by atoms with Gasteiger partial charge >= 0.3 is 0 Å². The molecule has 9 nitrogen and oxygen atoms in total. The SMILES string of the molecule is COC1C(=O)C(C(C)=O)=C(O)C2(O)C(=O)c3c(cc4cc(O)cc(O)c4c3O)CC12. The van der Waals surface area contributed by atoms with Gasteiger partial charge in [-0.2, -0.15) is 0 Å². The summed E-state index contributed by atoms with van der Waals surface area (Å²) in [5.41, 5.74) is -3.55. The number of Topliss-reactive ketones (excluding diaryl/α,β-unsaturated/α-hetero) is 3. The molecule has 3 atom stereocenters. The van der Waals surface area contributed by atoms with E-state index in [0.717, 1.165) is 13.0 Å². The van der Waals surface area contributed by atoms with Gasteiger partial charge in [-0.05, 0) is 36.4 Å². The number of phenolic OH excluding ortho intramolecular Hbond substituents is 3. The molecule has 0 saturated carbocycles. The lowest BCUT2D eigenvalue weighted by Gasteiger charge is -2.45. The molecule has 0 aliphatic heterocycles. The van der Waals surface area contributed by atoms with Gasteiger partial charge in [0.15, 0.2) is 17.2 Å². The predicted molar refractivity (Wildman–Crippen MR) is 102 cm³/mol. The molecule has 2 aromatic rings. The molecule has 0 heterocycles. The number of hydrogen-bond donors (Lipinski definition) is 5. The summed E-state index contributed by atoms with van der Waals surface area (Å²) in [5.74, 6) is -6.59. The van der Waals surface area contributed by atoms with Crippen LogP contribution < -0.4 is 0 Å². The highest BCUT2D eigenvalue weighted by molar-refractivity contribution is 6.25. The summed E-state index contributed by atoms with van der Waals surface area (Å²) in [7, 11) is 1.18. The first-order valence-electron chi connectivity index (χ1n) is 9.03. The van der Waals surface area contributed by atoms with Gasteiger partial charge in [-0.1, -0.05) is 0 Å². The Hall–Kier alpha value is -3.43. The maximum Gasteiger partial charge on any atom is 0.206 e. The lowest BCUT2D eigenvalue weighted by atomic mass is 9.62. The van der Waals surface area contributed by atoms with Crippen LogP contribution in [0, 0.1) is 5.92 Å². The maximum absolute atomic E-state index is 13.3. The highest BCUT2D eigenvalue weighted by atomic mass is 16.5. The van der Waals surface area contributed by atoms with Gasteiger partial charge < -0.3 is 30.3 Å². The maximum atomic E-state index is 13.3. The molecule has 9 heteroatoms. The molecule has 5 N–H and O–H groups in total. The molecule has 4 rings (SSSR count). The normalized spacial score (nSPS) is 26.0. The number of hydrogen-bond acceptors (Lipinski definition) is 9. The molecule has 0 saturated heterocycles. The number of ketones is 3. The fourth-order valence-electron chi connectivity index (χ4n) is 4.55. The minimum absolute atomic E-state index is 0.132. The number of methoxy groups -OCH3 is 1. The van der Waals surface area contributed by atoms with Crippen molar-refractivity contribution in [3.63, 3.8) is 0 Å². The average Bonchev–Trinajstić information content (AvgIpc) is 2.64. The van der Waals surface area contributed by atoms with Crippen molar-refractivity contribution in [2.75, 3.05) is 7.11 Å². The van der Waals surface area contributed by atoms with Crippen LogP contribution in [0.4, 0.5) is 0 Å². The van der Waals surface area contributed by atoms with E-state index in [9.17, 15) is 39.9 Å². The number of aromatic hydroxyl groups is 3. The van der Waals surface area contributed by atoms with Crippen LogP contribution >= 0.6 is 0 Å². The van der Waals surface area contributed by atoms with Crippen molar-refractivity contribution in [3.8, 4) is 17.2 Å². The van der Waals surface area contributed by atoms with E-state index >= 15 is 0 Å². The van der Waals surface area contributed by atoms with Gasteiger partial charge in [0, 0.05) is 19.1 Å². The molecule has 2 aliphatic carbocycles. The number of carbonyl (C=O) groups is 3. The average molecular weight is 414 g/mol. The van der Waals surface area contributed by atoms with E-state index in [-0.39, 0.29) is 34.1 Å². The summed E-state index contributed by atoms with van der Waals surface area (Å²) in [6.45, 7) is 1.01. The van der Waals surface area contributed by atoms with Crippen LogP contribution in [0.25, 0.3) is 10.8 Å². The molecule has 2 aliphatic rings. The number of ether oxygens (including phenoxy) is 1. The first kappa shape index (κ1) is 19.9. The van der Waals surface area contributed by atoms with Crippen molar-refractivity contribution in [1.82, 2.24) is 0 Å². The molecular weight excluding hydrogens is 396 g/mol. The molecular formula is C21H18O9. The molecule has 0 aromatic heterocycles. The van der Waals surface area contributed by atoms with Gasteiger partial charge in [0.25, 0.3) is 0 Å². The minimum Gasteiger partial charge on any atom is -0.508 e. The molecule has 0 radical (unpaired) electrons. The Morgan fingerprint density at radius 3 is 2.40 bits per heavy atom. The lowest BCUT2D eigenvalue weighted by Crippen LogP contribution is -2.61. The number of carbonyl (C=O) groups excluding carboxylic acids is 3. The Kier molecular flexibility index (Phi) is 4.16. The molecule has 0 fully saturated rings. The molecule has 0 amide bonds. The second kappa shape index (κ2) is 6.28. The Labute approximate surface area is 169 Å². The third kappa shape index (κ3) is 2.33. The zero-order chi connectivity index (χ0) is 22.1. The molecule has 0 bridgehead atoms. The van der Waals surface area contributed by atoms with Gasteiger partial charge in [-0.3, -0.25) is 14.4 Å². The molecule has 156 valence electrons.